The van der Waals surface area contributed by atoms with E-state index in [-0.39, 0.29) is 5.92 Å². The summed E-state index contributed by atoms with van der Waals surface area (Å²) in [6, 6.07) is 9.21. The molecule has 3 amide bonds. The van der Waals surface area contributed by atoms with Crippen LogP contribution in [0.5, 0.6) is 0 Å². The summed E-state index contributed by atoms with van der Waals surface area (Å²) in [4.78, 5) is 40.3. The fourth-order valence-electron chi connectivity index (χ4n) is 3.02. The Bertz CT molecular complexity index is 831. The van der Waals surface area contributed by atoms with Crippen LogP contribution in [0, 0.1) is 18.4 Å². The number of nitrogens with one attached hydrogen (secondary N) is 2. The zero-order chi connectivity index (χ0) is 24.7. The van der Waals surface area contributed by atoms with E-state index in [1.807, 2.05) is 40.7 Å². The number of terminal acetylenes is 1. The number of carbonyl (C=O) groups excluding carboxylic acids is 3. The highest BCUT2D eigenvalue weighted by molar-refractivity contribution is 5.93. The normalized spacial score (nSPS) is 14.3. The number of rotatable bonds is 7. The van der Waals surface area contributed by atoms with Crippen LogP contribution in [0.15, 0.2) is 30.3 Å². The molecule has 3 atom stereocenters. The van der Waals surface area contributed by atoms with Gasteiger partial charge in [-0.25, -0.2) is 4.79 Å². The van der Waals surface area contributed by atoms with E-state index >= 15 is 0 Å². The van der Waals surface area contributed by atoms with Gasteiger partial charge in [0.1, 0.15) is 17.7 Å². The molecule has 0 aliphatic heterocycles. The van der Waals surface area contributed by atoms with Crippen molar-refractivity contribution in [1.29, 1.82) is 0 Å². The van der Waals surface area contributed by atoms with Crippen molar-refractivity contribution in [3.8, 4) is 12.5 Å². The quantitative estimate of drug-likeness (QED) is 0.492. The maximum atomic E-state index is 13.6. The van der Waals surface area contributed by atoms with Crippen molar-refractivity contribution in [2.75, 3.05) is 0 Å². The predicted molar refractivity (Wildman–Crippen MR) is 125 cm³/mol. The molecule has 0 saturated heterocycles. The molecule has 0 aliphatic rings. The van der Waals surface area contributed by atoms with Crippen molar-refractivity contribution in [3.63, 3.8) is 0 Å². The molecule has 7 heteroatoms. The molecule has 0 saturated carbocycles. The lowest BCUT2D eigenvalue weighted by Gasteiger charge is -2.33. The highest BCUT2D eigenvalue weighted by Crippen LogP contribution is 2.24. The van der Waals surface area contributed by atoms with Crippen LogP contribution in [-0.2, 0) is 14.3 Å². The zero-order valence-corrected chi connectivity index (χ0v) is 20.5. The first-order valence-electron chi connectivity index (χ1n) is 10.9. The van der Waals surface area contributed by atoms with Crippen LogP contribution in [-0.4, -0.2) is 40.0 Å². The minimum atomic E-state index is -1.06. The van der Waals surface area contributed by atoms with Crippen LogP contribution in [0.2, 0.25) is 0 Å². The summed E-state index contributed by atoms with van der Waals surface area (Å²) < 4.78 is 5.33. The lowest BCUT2D eigenvalue weighted by Crippen LogP contribution is -2.55. The lowest BCUT2D eigenvalue weighted by molar-refractivity contribution is -0.140. The summed E-state index contributed by atoms with van der Waals surface area (Å²) in [5, 5.41) is 5.55. The highest BCUT2D eigenvalue weighted by atomic mass is 16.6. The van der Waals surface area contributed by atoms with Gasteiger partial charge in [-0.3, -0.25) is 14.5 Å². The average molecular weight is 444 g/mol. The van der Waals surface area contributed by atoms with E-state index in [0.29, 0.717) is 12.0 Å². The maximum Gasteiger partial charge on any atom is 0.408 e. The highest BCUT2D eigenvalue weighted by Gasteiger charge is 2.38. The Morgan fingerprint density at radius 1 is 1.09 bits per heavy atom. The summed E-state index contributed by atoms with van der Waals surface area (Å²) in [5.74, 6) is -1.20. The topological polar surface area (TPSA) is 87.7 Å². The maximum absolute atomic E-state index is 13.6. The molecule has 0 spiro atoms. The second kappa shape index (κ2) is 11.0. The van der Waals surface area contributed by atoms with Crippen LogP contribution < -0.4 is 10.6 Å². The third-order valence-corrected chi connectivity index (χ3v) is 4.65. The third kappa shape index (κ3) is 8.26. The predicted octanol–water partition coefficient (Wildman–Crippen LogP) is 4.00. The molecule has 1 aromatic rings. The molecule has 1 aromatic carbocycles. The standard InChI is InChI=1S/C25H37N3O4/c1-10-17(3)19(26-23(31)32-25(7,8)9)22(30)28(11-2)20(18-15-13-12-14-16-18)21(29)27-24(4,5)6/h2,12-17,19-20H,10H2,1,3-9H3,(H,26,31)(H,27,29). The summed E-state index contributed by atoms with van der Waals surface area (Å²) in [6.07, 6.45) is 5.64. The second-order valence-corrected chi connectivity index (χ2v) is 9.90. The van der Waals surface area contributed by atoms with Crippen molar-refractivity contribution in [3.05, 3.63) is 35.9 Å². The Balaban J connectivity index is 3.36. The molecule has 1 rings (SSSR count). The van der Waals surface area contributed by atoms with E-state index < -0.39 is 41.1 Å². The second-order valence-electron chi connectivity index (χ2n) is 9.90. The molecule has 0 radical (unpaired) electrons. The van der Waals surface area contributed by atoms with Gasteiger partial charge in [-0.15, -0.1) is 0 Å². The number of benzene rings is 1. The average Bonchev–Trinajstić information content (AvgIpc) is 2.66. The molecule has 32 heavy (non-hydrogen) atoms. The first-order chi connectivity index (χ1) is 14.7. The molecule has 0 aliphatic carbocycles. The van der Waals surface area contributed by atoms with Crippen LogP contribution in [0.3, 0.4) is 0 Å². The largest absolute Gasteiger partial charge is 0.444 e. The molecular formula is C25H37N3O4. The minimum Gasteiger partial charge on any atom is -0.444 e. The van der Waals surface area contributed by atoms with E-state index in [1.165, 1.54) is 0 Å². The Labute approximate surface area is 192 Å². The number of alkyl carbamates (subject to hydrolysis) is 1. The van der Waals surface area contributed by atoms with Crippen LogP contribution >= 0.6 is 0 Å². The number of amides is 3. The van der Waals surface area contributed by atoms with Gasteiger partial charge in [-0.1, -0.05) is 57.0 Å². The molecule has 176 valence electrons. The number of carbonyl (C=O) groups is 3. The molecule has 0 heterocycles. The number of ether oxygens (including phenoxy) is 1. The third-order valence-electron chi connectivity index (χ3n) is 4.65. The molecule has 0 fully saturated rings. The molecular weight excluding hydrogens is 406 g/mol. The van der Waals surface area contributed by atoms with Crippen LogP contribution in [0.1, 0.15) is 73.4 Å². The van der Waals surface area contributed by atoms with Gasteiger partial charge < -0.3 is 15.4 Å². The number of nitrogens with zero attached hydrogens (tertiary/aromatic N) is 1. The summed E-state index contributed by atoms with van der Waals surface area (Å²) in [6.45, 7) is 14.5. The van der Waals surface area contributed by atoms with Crippen molar-refractivity contribution in [1.82, 2.24) is 15.5 Å². The van der Waals surface area contributed by atoms with E-state index in [2.05, 4.69) is 16.7 Å². The SMILES string of the molecule is C#CN(C(=O)C(NC(=O)OC(C)(C)C)C(C)CC)C(C(=O)NC(C)(C)C)c1ccccc1. The van der Waals surface area contributed by atoms with Gasteiger partial charge in [0, 0.05) is 11.6 Å². The molecule has 2 N–H and O–H groups in total. The van der Waals surface area contributed by atoms with Gasteiger partial charge >= 0.3 is 6.09 Å². The van der Waals surface area contributed by atoms with Gasteiger partial charge in [0.05, 0.1) is 0 Å². The first kappa shape index (κ1) is 27.0. The van der Waals surface area contributed by atoms with E-state index in [1.54, 1.807) is 45.0 Å². The Morgan fingerprint density at radius 2 is 1.66 bits per heavy atom. The summed E-state index contributed by atoms with van der Waals surface area (Å²) >= 11 is 0. The van der Waals surface area contributed by atoms with Crippen LogP contribution in [0.25, 0.3) is 0 Å². The Morgan fingerprint density at radius 3 is 2.09 bits per heavy atom. The molecule has 0 aromatic heterocycles. The molecule has 3 unspecified atom stereocenters. The number of hydrogen-bond acceptors (Lipinski definition) is 4. The van der Waals surface area contributed by atoms with Gasteiger partial charge in [-0.05, 0) is 53.0 Å². The van der Waals surface area contributed by atoms with Gasteiger partial charge in [0.25, 0.3) is 5.91 Å². The van der Waals surface area contributed by atoms with E-state index in [0.717, 1.165) is 4.90 Å². The van der Waals surface area contributed by atoms with E-state index in [9.17, 15) is 14.4 Å². The fraction of sp³-hybridized carbons (Fsp3) is 0.560. The van der Waals surface area contributed by atoms with E-state index in [4.69, 9.17) is 11.2 Å². The molecule has 0 bridgehead atoms. The van der Waals surface area contributed by atoms with Gasteiger partial charge in [0.15, 0.2) is 0 Å². The van der Waals surface area contributed by atoms with Gasteiger partial charge in [0.2, 0.25) is 5.91 Å². The number of hydrogen-bond donors (Lipinski definition) is 2. The zero-order valence-electron chi connectivity index (χ0n) is 20.5. The Kier molecular flexibility index (Phi) is 9.32. The molecule has 7 nitrogen and oxygen atoms in total. The van der Waals surface area contributed by atoms with Crippen molar-refractivity contribution in [2.45, 2.75) is 85.0 Å². The monoisotopic (exact) mass is 443 g/mol. The lowest BCUT2D eigenvalue weighted by atomic mass is 9.96. The van der Waals surface area contributed by atoms with Crippen molar-refractivity contribution < 1.29 is 19.1 Å². The van der Waals surface area contributed by atoms with Gasteiger partial charge in [-0.2, -0.15) is 0 Å². The van der Waals surface area contributed by atoms with Crippen molar-refractivity contribution in [2.24, 2.45) is 5.92 Å². The summed E-state index contributed by atoms with van der Waals surface area (Å²) in [7, 11) is 0. The smallest absolute Gasteiger partial charge is 0.408 e. The first-order valence-corrected chi connectivity index (χ1v) is 10.9. The van der Waals surface area contributed by atoms with Crippen molar-refractivity contribution >= 4 is 17.9 Å². The minimum absolute atomic E-state index is 0.243. The fourth-order valence-corrected chi connectivity index (χ4v) is 3.02. The van der Waals surface area contributed by atoms with Crippen LogP contribution in [0.4, 0.5) is 4.79 Å². The Hall–Kier alpha value is -3.01. The summed E-state index contributed by atoms with van der Waals surface area (Å²) in [5.41, 5.74) is -0.683.